The molecule has 0 heterocycles. The molecule has 1 aliphatic rings. The number of nitrogens with one attached hydrogen (secondary N) is 1. The van der Waals surface area contributed by atoms with Crippen molar-refractivity contribution in [3.8, 4) is 5.75 Å². The smallest absolute Gasteiger partial charge is 0.312 e. The average molecular weight is 414 g/mol. The molecule has 1 aliphatic carbocycles. The van der Waals surface area contributed by atoms with Crippen molar-refractivity contribution < 1.29 is 17.9 Å². The van der Waals surface area contributed by atoms with E-state index in [0.29, 0.717) is 5.75 Å². The Bertz CT molecular complexity index is 944. The van der Waals surface area contributed by atoms with Crippen LogP contribution in [-0.4, -0.2) is 20.9 Å². The monoisotopic (exact) mass is 413 g/mol. The highest BCUT2D eigenvalue weighted by molar-refractivity contribution is 7.89. The van der Waals surface area contributed by atoms with Gasteiger partial charge in [-0.15, -0.1) is 0 Å². The molecule has 0 atom stereocenters. The molecular weight excluding hydrogens is 397 g/mol. The number of esters is 1. The third-order valence-electron chi connectivity index (χ3n) is 4.12. The van der Waals surface area contributed by atoms with E-state index in [4.69, 9.17) is 27.9 Å². The lowest BCUT2D eigenvalue weighted by Gasteiger charge is -2.09. The van der Waals surface area contributed by atoms with E-state index in [9.17, 15) is 13.2 Å². The predicted molar refractivity (Wildman–Crippen MR) is 100 cm³/mol. The van der Waals surface area contributed by atoms with Crippen LogP contribution in [0.4, 0.5) is 0 Å². The third-order valence-corrected chi connectivity index (χ3v) is 6.32. The summed E-state index contributed by atoms with van der Waals surface area (Å²) < 4.78 is 32.0. The van der Waals surface area contributed by atoms with Crippen molar-refractivity contribution in [1.29, 1.82) is 0 Å². The second kappa shape index (κ2) is 7.96. The maximum Gasteiger partial charge on any atom is 0.312 e. The zero-order chi connectivity index (χ0) is 18.7. The number of fused-ring (bicyclic) bond motifs is 1. The summed E-state index contributed by atoms with van der Waals surface area (Å²) in [5.74, 6) is -0.0113. The van der Waals surface area contributed by atoms with Crippen molar-refractivity contribution in [2.45, 2.75) is 30.6 Å². The number of hydrogen-bond acceptors (Lipinski definition) is 4. The SMILES string of the molecule is O=C(CCNS(=O)(=O)c1ccc(Cl)c(Cl)c1)Oc1ccc2c(c1)CCC2. The second-order valence-corrected chi connectivity index (χ2v) is 8.56. The molecule has 2 aromatic carbocycles. The van der Waals surface area contributed by atoms with Crippen LogP contribution >= 0.6 is 23.2 Å². The van der Waals surface area contributed by atoms with Crippen LogP contribution in [0.25, 0.3) is 0 Å². The largest absolute Gasteiger partial charge is 0.426 e. The Morgan fingerprint density at radius 1 is 1.04 bits per heavy atom. The summed E-state index contributed by atoms with van der Waals surface area (Å²) in [7, 11) is -3.78. The number of aryl methyl sites for hydroxylation is 2. The third kappa shape index (κ3) is 4.57. The highest BCUT2D eigenvalue weighted by atomic mass is 35.5. The molecule has 26 heavy (non-hydrogen) atoms. The van der Waals surface area contributed by atoms with Gasteiger partial charge >= 0.3 is 5.97 Å². The Morgan fingerprint density at radius 3 is 2.58 bits per heavy atom. The molecule has 0 fully saturated rings. The summed E-state index contributed by atoms with van der Waals surface area (Å²) in [6.07, 6.45) is 3.07. The van der Waals surface area contributed by atoms with Gasteiger partial charge in [-0.3, -0.25) is 4.79 Å². The Balaban J connectivity index is 1.53. The van der Waals surface area contributed by atoms with Gasteiger partial charge < -0.3 is 4.74 Å². The van der Waals surface area contributed by atoms with E-state index < -0.39 is 16.0 Å². The molecular formula is C18H17Cl2NO4S. The number of carbonyl (C=O) groups excluding carboxylic acids is 1. The van der Waals surface area contributed by atoms with E-state index in [0.717, 1.165) is 19.3 Å². The van der Waals surface area contributed by atoms with Crippen molar-refractivity contribution in [3.05, 3.63) is 57.6 Å². The Kier molecular flexibility index (Phi) is 5.87. The number of hydrogen-bond donors (Lipinski definition) is 1. The van der Waals surface area contributed by atoms with E-state index in [-0.39, 0.29) is 27.9 Å². The van der Waals surface area contributed by atoms with Gasteiger partial charge in [0.25, 0.3) is 0 Å². The summed E-state index contributed by atoms with van der Waals surface area (Å²) in [6.45, 7) is -0.0770. The van der Waals surface area contributed by atoms with E-state index in [1.165, 1.54) is 29.3 Å². The van der Waals surface area contributed by atoms with E-state index in [1.807, 2.05) is 12.1 Å². The van der Waals surface area contributed by atoms with Gasteiger partial charge in [0, 0.05) is 6.54 Å². The van der Waals surface area contributed by atoms with Gasteiger partial charge in [0.15, 0.2) is 0 Å². The van der Waals surface area contributed by atoms with Crippen molar-refractivity contribution >= 4 is 39.2 Å². The van der Waals surface area contributed by atoms with E-state index in [1.54, 1.807) is 6.07 Å². The molecule has 0 radical (unpaired) electrons. The number of ether oxygens (including phenoxy) is 1. The van der Waals surface area contributed by atoms with Crippen LogP contribution in [0.2, 0.25) is 10.0 Å². The van der Waals surface area contributed by atoms with Crippen LogP contribution in [0.1, 0.15) is 24.0 Å². The van der Waals surface area contributed by atoms with E-state index >= 15 is 0 Å². The van der Waals surface area contributed by atoms with Gasteiger partial charge in [-0.1, -0.05) is 29.3 Å². The van der Waals surface area contributed by atoms with Gasteiger partial charge in [-0.05, 0) is 60.7 Å². The number of benzene rings is 2. The molecule has 2 aromatic rings. The van der Waals surface area contributed by atoms with Gasteiger partial charge in [-0.2, -0.15) is 0 Å². The molecule has 5 nitrogen and oxygen atoms in total. The minimum absolute atomic E-state index is 0.0149. The first-order valence-electron chi connectivity index (χ1n) is 8.12. The zero-order valence-electron chi connectivity index (χ0n) is 13.8. The van der Waals surface area contributed by atoms with Crippen molar-refractivity contribution in [1.82, 2.24) is 4.72 Å². The predicted octanol–water partition coefficient (Wildman–Crippen LogP) is 3.76. The minimum Gasteiger partial charge on any atom is -0.426 e. The molecule has 0 amide bonds. The quantitative estimate of drug-likeness (QED) is 0.577. The zero-order valence-corrected chi connectivity index (χ0v) is 16.1. The molecule has 0 unspecified atom stereocenters. The first kappa shape index (κ1) is 19.2. The molecule has 138 valence electrons. The highest BCUT2D eigenvalue weighted by Gasteiger charge is 2.17. The first-order chi connectivity index (χ1) is 12.3. The van der Waals surface area contributed by atoms with Gasteiger partial charge in [0.05, 0.1) is 21.4 Å². The molecule has 0 saturated heterocycles. The van der Waals surface area contributed by atoms with Gasteiger partial charge in [0.2, 0.25) is 10.0 Å². The first-order valence-corrected chi connectivity index (χ1v) is 10.4. The molecule has 0 aliphatic heterocycles. The van der Waals surface area contributed by atoms with E-state index in [2.05, 4.69) is 4.72 Å². The molecule has 1 N–H and O–H groups in total. The summed E-state index contributed by atoms with van der Waals surface area (Å²) in [4.78, 5) is 11.9. The summed E-state index contributed by atoms with van der Waals surface area (Å²) in [6, 6.07) is 9.62. The lowest BCUT2D eigenvalue weighted by Crippen LogP contribution is -2.27. The normalized spacial score (nSPS) is 13.5. The summed E-state index contributed by atoms with van der Waals surface area (Å²) in [5, 5.41) is 0.411. The highest BCUT2D eigenvalue weighted by Crippen LogP contribution is 2.26. The van der Waals surface area contributed by atoms with Crippen LogP contribution < -0.4 is 9.46 Å². The molecule has 0 spiro atoms. The van der Waals surface area contributed by atoms with Crippen molar-refractivity contribution in [3.63, 3.8) is 0 Å². The van der Waals surface area contributed by atoms with Crippen LogP contribution in [-0.2, 0) is 27.7 Å². The topological polar surface area (TPSA) is 72.5 Å². The Hall–Kier alpha value is -1.60. The van der Waals surface area contributed by atoms with Crippen molar-refractivity contribution in [2.75, 3.05) is 6.54 Å². The van der Waals surface area contributed by atoms with Crippen molar-refractivity contribution in [2.24, 2.45) is 0 Å². The standard InChI is InChI=1S/C18H17Cl2NO4S/c19-16-7-6-15(11-17(16)20)26(23,24)21-9-8-18(22)25-14-5-4-12-2-1-3-13(12)10-14/h4-7,10-11,21H,1-3,8-9H2. The fourth-order valence-corrected chi connectivity index (χ4v) is 4.23. The van der Waals surface area contributed by atoms with Crippen LogP contribution in [0.15, 0.2) is 41.3 Å². The lowest BCUT2D eigenvalue weighted by atomic mass is 10.1. The lowest BCUT2D eigenvalue weighted by molar-refractivity contribution is -0.134. The molecule has 0 bridgehead atoms. The molecule has 3 rings (SSSR count). The number of halogens is 2. The second-order valence-electron chi connectivity index (χ2n) is 5.98. The van der Waals surface area contributed by atoms with Gasteiger partial charge in [0.1, 0.15) is 5.75 Å². The fourth-order valence-electron chi connectivity index (χ4n) is 2.81. The average Bonchev–Trinajstić information content (AvgIpc) is 3.04. The minimum atomic E-state index is -3.78. The molecule has 8 heteroatoms. The summed E-state index contributed by atoms with van der Waals surface area (Å²) in [5.41, 5.74) is 2.50. The van der Waals surface area contributed by atoms with Gasteiger partial charge in [-0.25, -0.2) is 13.1 Å². The maximum absolute atomic E-state index is 12.2. The summed E-state index contributed by atoms with van der Waals surface area (Å²) >= 11 is 11.6. The number of sulfonamides is 1. The number of carbonyl (C=O) groups is 1. The van der Waals surface area contributed by atoms with Crippen LogP contribution in [0, 0.1) is 0 Å². The van der Waals surface area contributed by atoms with Crippen LogP contribution in [0.5, 0.6) is 5.75 Å². The Morgan fingerprint density at radius 2 is 1.81 bits per heavy atom. The maximum atomic E-state index is 12.2. The molecule has 0 saturated carbocycles. The fraction of sp³-hybridized carbons (Fsp3) is 0.278. The Labute approximate surface area is 162 Å². The number of rotatable bonds is 6. The molecule has 0 aromatic heterocycles. The van der Waals surface area contributed by atoms with Crippen LogP contribution in [0.3, 0.4) is 0 Å².